The maximum absolute atomic E-state index is 12.8. The number of carbonyl (C=O) groups is 3. The van der Waals surface area contributed by atoms with E-state index in [1.165, 1.54) is 16.2 Å². The molecule has 2 fully saturated rings. The fraction of sp³-hybridized carbons (Fsp3) is 0.250. The molecule has 5 nitrogen and oxygen atoms in total. The van der Waals surface area contributed by atoms with E-state index in [1.54, 1.807) is 36.4 Å². The molecule has 0 radical (unpaired) electrons. The SMILES string of the molecule is O=C(Oc1ccc(N2C(=O)[C@@H]3[C@H](C2=O)[C@@H]2C=C[C@H]3C2)cc1)c1cccs1. The number of allylic oxidation sites excluding steroid dienone is 2. The number of hydrogen-bond donors (Lipinski definition) is 0. The number of esters is 1. The van der Waals surface area contributed by atoms with Gasteiger partial charge in [0.15, 0.2) is 0 Å². The zero-order valence-electron chi connectivity index (χ0n) is 13.7. The van der Waals surface area contributed by atoms with Gasteiger partial charge in [0.2, 0.25) is 11.8 Å². The Morgan fingerprint density at radius 3 is 2.23 bits per heavy atom. The topological polar surface area (TPSA) is 63.7 Å². The number of rotatable bonds is 3. The molecule has 3 aliphatic rings. The van der Waals surface area contributed by atoms with Crippen LogP contribution in [0.2, 0.25) is 0 Å². The minimum absolute atomic E-state index is 0.111. The number of nitrogens with zero attached hydrogens (tertiary/aromatic N) is 1. The van der Waals surface area contributed by atoms with Gasteiger partial charge in [-0.05, 0) is 54.0 Å². The van der Waals surface area contributed by atoms with Crippen molar-refractivity contribution in [3.8, 4) is 5.75 Å². The first-order chi connectivity index (χ1) is 12.6. The molecule has 1 saturated carbocycles. The summed E-state index contributed by atoms with van der Waals surface area (Å²) < 4.78 is 5.32. The van der Waals surface area contributed by atoms with Gasteiger partial charge >= 0.3 is 5.97 Å². The predicted octanol–water partition coefficient (Wildman–Crippen LogP) is 3.28. The molecule has 1 aromatic carbocycles. The van der Waals surface area contributed by atoms with Gasteiger partial charge in [0.25, 0.3) is 0 Å². The van der Waals surface area contributed by atoms with Crippen molar-refractivity contribution < 1.29 is 19.1 Å². The van der Waals surface area contributed by atoms with Crippen LogP contribution in [0.4, 0.5) is 5.69 Å². The van der Waals surface area contributed by atoms with E-state index in [4.69, 9.17) is 4.74 Å². The second-order valence-corrected chi connectivity index (χ2v) is 7.82. The first-order valence-corrected chi connectivity index (χ1v) is 9.43. The van der Waals surface area contributed by atoms with Gasteiger partial charge in [-0.3, -0.25) is 14.5 Å². The van der Waals surface area contributed by atoms with Crippen LogP contribution in [0.5, 0.6) is 5.75 Å². The lowest BCUT2D eigenvalue weighted by Crippen LogP contribution is -2.32. The average molecular weight is 365 g/mol. The molecule has 4 atom stereocenters. The van der Waals surface area contributed by atoms with Gasteiger partial charge in [0.1, 0.15) is 10.6 Å². The summed E-state index contributed by atoms with van der Waals surface area (Å²) in [6.07, 6.45) is 5.07. The highest BCUT2D eigenvalue weighted by molar-refractivity contribution is 7.12. The number of benzene rings is 1. The second kappa shape index (κ2) is 5.64. The predicted molar refractivity (Wildman–Crippen MR) is 95.9 cm³/mol. The fourth-order valence-corrected chi connectivity index (χ4v) is 4.97. The Morgan fingerprint density at radius 2 is 1.65 bits per heavy atom. The molecule has 0 unspecified atom stereocenters. The van der Waals surface area contributed by atoms with Gasteiger partial charge in [-0.2, -0.15) is 0 Å². The van der Waals surface area contributed by atoms with Crippen LogP contribution < -0.4 is 9.64 Å². The molecule has 0 N–H and O–H groups in total. The van der Waals surface area contributed by atoms with Crippen LogP contribution in [0.3, 0.4) is 0 Å². The highest BCUT2D eigenvalue weighted by atomic mass is 32.1. The molecule has 26 heavy (non-hydrogen) atoms. The van der Waals surface area contributed by atoms with Crippen molar-refractivity contribution in [3.05, 3.63) is 58.8 Å². The van der Waals surface area contributed by atoms with E-state index in [1.807, 2.05) is 5.38 Å². The van der Waals surface area contributed by atoms with Gasteiger partial charge < -0.3 is 4.74 Å². The van der Waals surface area contributed by atoms with Crippen molar-refractivity contribution in [2.45, 2.75) is 6.42 Å². The molecule has 5 rings (SSSR count). The number of anilines is 1. The number of amides is 2. The Hall–Kier alpha value is -2.73. The Kier molecular flexibility index (Phi) is 3.37. The van der Waals surface area contributed by atoms with E-state index < -0.39 is 5.97 Å². The molecule has 2 bridgehead atoms. The molecule has 2 heterocycles. The van der Waals surface area contributed by atoms with Crippen molar-refractivity contribution in [3.63, 3.8) is 0 Å². The fourth-order valence-electron chi connectivity index (χ4n) is 4.37. The van der Waals surface area contributed by atoms with Gasteiger partial charge in [0, 0.05) is 0 Å². The maximum Gasteiger partial charge on any atom is 0.353 e. The van der Waals surface area contributed by atoms with Crippen molar-refractivity contribution >= 4 is 34.8 Å². The smallest absolute Gasteiger partial charge is 0.353 e. The average Bonchev–Trinajstić information content (AvgIpc) is 3.41. The summed E-state index contributed by atoms with van der Waals surface area (Å²) in [5.41, 5.74) is 0.532. The molecule has 1 aliphatic heterocycles. The summed E-state index contributed by atoms with van der Waals surface area (Å²) in [7, 11) is 0. The Bertz CT molecular complexity index is 901. The molecule has 6 heteroatoms. The molecule has 2 aliphatic carbocycles. The molecule has 1 saturated heterocycles. The highest BCUT2D eigenvalue weighted by Gasteiger charge is 2.59. The number of ether oxygens (including phenoxy) is 1. The minimum Gasteiger partial charge on any atom is -0.422 e. The number of hydrogen-bond acceptors (Lipinski definition) is 5. The van der Waals surface area contributed by atoms with Crippen LogP contribution in [-0.4, -0.2) is 17.8 Å². The van der Waals surface area contributed by atoms with E-state index in [0.29, 0.717) is 16.3 Å². The summed E-state index contributed by atoms with van der Waals surface area (Å²) in [4.78, 5) is 39.4. The molecule has 2 aromatic rings. The number of fused-ring (bicyclic) bond motifs is 5. The second-order valence-electron chi connectivity index (χ2n) is 6.87. The number of carbonyl (C=O) groups excluding carboxylic acids is 3. The van der Waals surface area contributed by atoms with Crippen LogP contribution in [0.1, 0.15) is 16.1 Å². The van der Waals surface area contributed by atoms with Crippen molar-refractivity contribution in [1.82, 2.24) is 0 Å². The molecule has 1 aromatic heterocycles. The van der Waals surface area contributed by atoms with Crippen LogP contribution in [0.25, 0.3) is 0 Å². The first-order valence-electron chi connectivity index (χ1n) is 8.55. The van der Waals surface area contributed by atoms with Crippen molar-refractivity contribution in [2.75, 3.05) is 4.90 Å². The minimum atomic E-state index is -0.418. The Morgan fingerprint density at radius 1 is 1.00 bits per heavy atom. The third-order valence-electron chi connectivity index (χ3n) is 5.50. The zero-order chi connectivity index (χ0) is 17.8. The lowest BCUT2D eigenvalue weighted by atomic mass is 9.85. The van der Waals surface area contributed by atoms with E-state index in [0.717, 1.165) is 6.42 Å². The monoisotopic (exact) mass is 365 g/mol. The van der Waals surface area contributed by atoms with Crippen LogP contribution in [-0.2, 0) is 9.59 Å². The summed E-state index contributed by atoms with van der Waals surface area (Å²) in [5.74, 6) is -0.301. The Balaban J connectivity index is 1.36. The van der Waals surface area contributed by atoms with E-state index in [2.05, 4.69) is 12.2 Å². The largest absolute Gasteiger partial charge is 0.422 e. The first kappa shape index (κ1) is 15.5. The standard InChI is InChI=1S/C20H15NO4S/c22-18-16-11-3-4-12(10-11)17(16)19(23)21(18)13-5-7-14(8-6-13)25-20(24)15-2-1-9-26-15/h1-9,11-12,16-17H,10H2/t11-,12+,16-,17+. The van der Waals surface area contributed by atoms with Gasteiger partial charge in [-0.1, -0.05) is 18.2 Å². The highest BCUT2D eigenvalue weighted by Crippen LogP contribution is 2.53. The lowest BCUT2D eigenvalue weighted by molar-refractivity contribution is -0.123. The molecule has 0 spiro atoms. The summed E-state index contributed by atoms with van der Waals surface area (Å²) in [6.45, 7) is 0. The van der Waals surface area contributed by atoms with Crippen LogP contribution in [0, 0.1) is 23.7 Å². The van der Waals surface area contributed by atoms with Crippen LogP contribution >= 0.6 is 11.3 Å². The molecule has 2 amide bonds. The maximum atomic E-state index is 12.8. The zero-order valence-corrected chi connectivity index (χ0v) is 14.5. The Labute approximate surface area is 153 Å². The summed E-state index contributed by atoms with van der Waals surface area (Å²) in [6, 6.07) is 10.0. The van der Waals surface area contributed by atoms with E-state index in [-0.39, 0.29) is 35.5 Å². The van der Waals surface area contributed by atoms with Gasteiger partial charge in [0.05, 0.1) is 17.5 Å². The lowest BCUT2D eigenvalue weighted by Gasteiger charge is -2.17. The van der Waals surface area contributed by atoms with Crippen molar-refractivity contribution in [2.24, 2.45) is 23.7 Å². The normalized spacial score (nSPS) is 28.7. The quantitative estimate of drug-likeness (QED) is 0.362. The van der Waals surface area contributed by atoms with Gasteiger partial charge in [-0.25, -0.2) is 4.79 Å². The van der Waals surface area contributed by atoms with Crippen LogP contribution in [0.15, 0.2) is 53.9 Å². The molecular formula is C20H15NO4S. The van der Waals surface area contributed by atoms with E-state index in [9.17, 15) is 14.4 Å². The van der Waals surface area contributed by atoms with E-state index >= 15 is 0 Å². The third kappa shape index (κ3) is 2.18. The molecular weight excluding hydrogens is 350 g/mol. The van der Waals surface area contributed by atoms with Crippen molar-refractivity contribution in [1.29, 1.82) is 0 Å². The summed E-state index contributed by atoms with van der Waals surface area (Å²) >= 11 is 1.31. The van der Waals surface area contributed by atoms with Gasteiger partial charge in [-0.15, -0.1) is 11.3 Å². The third-order valence-corrected chi connectivity index (χ3v) is 6.35. The summed E-state index contributed by atoms with van der Waals surface area (Å²) in [5, 5.41) is 1.81. The molecule has 130 valence electrons. The number of imide groups is 1. The number of thiophene rings is 1.